The van der Waals surface area contributed by atoms with E-state index in [1.54, 1.807) is 0 Å². The maximum atomic E-state index is 5.50. The number of hydrogen-bond acceptors (Lipinski definition) is 4. The van der Waals surface area contributed by atoms with Crippen LogP contribution in [-0.4, -0.2) is 35.2 Å². The van der Waals surface area contributed by atoms with E-state index < -0.39 is 0 Å². The van der Waals surface area contributed by atoms with Crippen LogP contribution in [0.3, 0.4) is 0 Å². The highest BCUT2D eigenvalue weighted by Gasteiger charge is 2.30. The van der Waals surface area contributed by atoms with Crippen LogP contribution in [0.5, 0.6) is 0 Å². The maximum Gasteiger partial charge on any atom is 0.151 e. The van der Waals surface area contributed by atoms with Gasteiger partial charge in [0.15, 0.2) is 5.76 Å². The molecule has 0 saturated carbocycles. The van der Waals surface area contributed by atoms with Crippen LogP contribution in [0.25, 0.3) is 11.3 Å². The zero-order valence-corrected chi connectivity index (χ0v) is 12.1. The van der Waals surface area contributed by atoms with E-state index in [4.69, 9.17) is 4.52 Å². The van der Waals surface area contributed by atoms with Gasteiger partial charge in [-0.2, -0.15) is 0 Å². The van der Waals surface area contributed by atoms with Gasteiger partial charge in [-0.05, 0) is 13.8 Å². The van der Waals surface area contributed by atoms with E-state index in [-0.39, 0.29) is 5.54 Å². The van der Waals surface area contributed by atoms with Gasteiger partial charge in [-0.25, -0.2) is 0 Å². The molecular formula is C16H21N3O. The Morgan fingerprint density at radius 1 is 1.30 bits per heavy atom. The summed E-state index contributed by atoms with van der Waals surface area (Å²) in [6.07, 6.45) is 0. The Labute approximate surface area is 119 Å². The second kappa shape index (κ2) is 5.38. The monoisotopic (exact) mass is 271 g/mol. The minimum atomic E-state index is 0.151. The van der Waals surface area contributed by atoms with Gasteiger partial charge in [0, 0.05) is 36.8 Å². The van der Waals surface area contributed by atoms with E-state index in [1.807, 2.05) is 24.3 Å². The first-order valence-corrected chi connectivity index (χ1v) is 7.12. The lowest BCUT2D eigenvalue weighted by molar-refractivity contribution is 0.0730. The molecule has 1 aromatic carbocycles. The zero-order valence-electron chi connectivity index (χ0n) is 12.1. The number of nitrogens with zero attached hydrogens (tertiary/aromatic N) is 2. The van der Waals surface area contributed by atoms with Crippen molar-refractivity contribution in [3.05, 3.63) is 42.2 Å². The van der Waals surface area contributed by atoms with Gasteiger partial charge in [-0.15, -0.1) is 0 Å². The SMILES string of the molecule is CC1(C)CNCCN1Cc1cc(-c2ccccc2)no1. The molecule has 2 aromatic rings. The van der Waals surface area contributed by atoms with Crippen LogP contribution in [0.4, 0.5) is 0 Å². The molecule has 0 unspecified atom stereocenters. The molecule has 4 heteroatoms. The van der Waals surface area contributed by atoms with E-state index in [9.17, 15) is 0 Å². The first-order valence-electron chi connectivity index (χ1n) is 7.12. The van der Waals surface area contributed by atoms with Crippen molar-refractivity contribution < 1.29 is 4.52 Å². The van der Waals surface area contributed by atoms with E-state index in [1.165, 1.54) is 0 Å². The molecular weight excluding hydrogens is 250 g/mol. The molecule has 3 rings (SSSR count). The molecule has 1 aliphatic rings. The molecule has 106 valence electrons. The normalized spacial score (nSPS) is 19.1. The molecule has 0 atom stereocenters. The lowest BCUT2D eigenvalue weighted by Gasteiger charge is -2.42. The van der Waals surface area contributed by atoms with Gasteiger partial charge in [-0.3, -0.25) is 4.90 Å². The van der Waals surface area contributed by atoms with Crippen molar-refractivity contribution in [1.29, 1.82) is 0 Å². The highest BCUT2D eigenvalue weighted by molar-refractivity contribution is 5.58. The molecule has 0 spiro atoms. The average molecular weight is 271 g/mol. The van der Waals surface area contributed by atoms with Crippen molar-refractivity contribution in [2.75, 3.05) is 19.6 Å². The summed E-state index contributed by atoms with van der Waals surface area (Å²) < 4.78 is 5.50. The number of nitrogens with one attached hydrogen (secondary N) is 1. The number of benzene rings is 1. The Morgan fingerprint density at radius 3 is 2.85 bits per heavy atom. The van der Waals surface area contributed by atoms with Crippen LogP contribution in [0.1, 0.15) is 19.6 Å². The molecule has 0 radical (unpaired) electrons. The maximum absolute atomic E-state index is 5.50. The molecule has 0 amide bonds. The average Bonchev–Trinajstić information content (AvgIpc) is 2.91. The van der Waals surface area contributed by atoms with Gasteiger partial charge in [0.2, 0.25) is 0 Å². The fourth-order valence-corrected chi connectivity index (χ4v) is 2.64. The van der Waals surface area contributed by atoms with Gasteiger partial charge in [-0.1, -0.05) is 35.5 Å². The first-order chi connectivity index (χ1) is 9.65. The number of hydrogen-bond donors (Lipinski definition) is 1. The van der Waals surface area contributed by atoms with E-state index in [0.29, 0.717) is 0 Å². The second-order valence-electron chi connectivity index (χ2n) is 5.96. The predicted molar refractivity (Wildman–Crippen MR) is 79.3 cm³/mol. The largest absolute Gasteiger partial charge is 0.359 e. The van der Waals surface area contributed by atoms with Crippen LogP contribution in [0.15, 0.2) is 40.9 Å². The number of aromatic nitrogens is 1. The predicted octanol–water partition coefficient (Wildman–Crippen LogP) is 2.53. The fraction of sp³-hybridized carbons (Fsp3) is 0.438. The quantitative estimate of drug-likeness (QED) is 0.931. The van der Waals surface area contributed by atoms with Crippen LogP contribution in [0.2, 0.25) is 0 Å². The van der Waals surface area contributed by atoms with Crippen molar-refractivity contribution >= 4 is 0 Å². The molecule has 1 fully saturated rings. The second-order valence-corrected chi connectivity index (χ2v) is 5.96. The van der Waals surface area contributed by atoms with Gasteiger partial charge < -0.3 is 9.84 Å². The third-order valence-electron chi connectivity index (χ3n) is 3.95. The Balaban J connectivity index is 1.74. The summed E-state index contributed by atoms with van der Waals surface area (Å²) in [6, 6.07) is 12.2. The molecule has 4 nitrogen and oxygen atoms in total. The van der Waals surface area contributed by atoms with Crippen LogP contribution in [-0.2, 0) is 6.54 Å². The Hall–Kier alpha value is -1.65. The number of rotatable bonds is 3. The summed E-state index contributed by atoms with van der Waals surface area (Å²) in [7, 11) is 0. The van der Waals surface area contributed by atoms with Crippen molar-refractivity contribution in [2.45, 2.75) is 25.9 Å². The highest BCUT2D eigenvalue weighted by Crippen LogP contribution is 2.23. The molecule has 1 saturated heterocycles. The topological polar surface area (TPSA) is 41.3 Å². The van der Waals surface area contributed by atoms with Gasteiger partial charge in [0.1, 0.15) is 5.69 Å². The molecule has 2 heterocycles. The summed E-state index contributed by atoms with van der Waals surface area (Å²) >= 11 is 0. The molecule has 0 bridgehead atoms. The van der Waals surface area contributed by atoms with E-state index in [0.717, 1.165) is 43.2 Å². The van der Waals surface area contributed by atoms with Crippen LogP contribution >= 0.6 is 0 Å². The molecule has 1 aliphatic heterocycles. The van der Waals surface area contributed by atoms with E-state index in [2.05, 4.69) is 41.4 Å². The summed E-state index contributed by atoms with van der Waals surface area (Å²) in [5.74, 6) is 0.929. The summed E-state index contributed by atoms with van der Waals surface area (Å²) in [5, 5.41) is 7.62. The lowest BCUT2D eigenvalue weighted by atomic mass is 10.00. The minimum Gasteiger partial charge on any atom is -0.359 e. The molecule has 20 heavy (non-hydrogen) atoms. The Morgan fingerprint density at radius 2 is 2.10 bits per heavy atom. The summed E-state index contributed by atoms with van der Waals surface area (Å²) in [4.78, 5) is 2.44. The summed E-state index contributed by atoms with van der Waals surface area (Å²) in [6.45, 7) is 8.40. The van der Waals surface area contributed by atoms with Gasteiger partial charge >= 0.3 is 0 Å². The lowest BCUT2D eigenvalue weighted by Crippen LogP contribution is -2.57. The van der Waals surface area contributed by atoms with Crippen LogP contribution < -0.4 is 5.32 Å². The number of piperazine rings is 1. The van der Waals surface area contributed by atoms with Crippen molar-refractivity contribution in [2.24, 2.45) is 0 Å². The molecule has 1 N–H and O–H groups in total. The third kappa shape index (κ3) is 2.76. The van der Waals surface area contributed by atoms with Gasteiger partial charge in [0.25, 0.3) is 0 Å². The zero-order chi connectivity index (χ0) is 14.0. The first kappa shape index (κ1) is 13.3. The van der Waals surface area contributed by atoms with E-state index >= 15 is 0 Å². The highest BCUT2D eigenvalue weighted by atomic mass is 16.5. The van der Waals surface area contributed by atoms with Crippen molar-refractivity contribution in [1.82, 2.24) is 15.4 Å². The standard InChI is InChI=1S/C16H21N3O/c1-16(2)12-17-8-9-19(16)11-14-10-15(18-20-14)13-6-4-3-5-7-13/h3-7,10,17H,8-9,11-12H2,1-2H3. The molecule has 0 aliphatic carbocycles. The third-order valence-corrected chi connectivity index (χ3v) is 3.95. The smallest absolute Gasteiger partial charge is 0.151 e. The van der Waals surface area contributed by atoms with Gasteiger partial charge in [0.05, 0.1) is 6.54 Å². The molecule has 1 aromatic heterocycles. The van der Waals surface area contributed by atoms with Crippen molar-refractivity contribution in [3.8, 4) is 11.3 Å². The Kier molecular flexibility index (Phi) is 3.59. The summed E-state index contributed by atoms with van der Waals surface area (Å²) in [5.41, 5.74) is 2.16. The minimum absolute atomic E-state index is 0.151. The van der Waals surface area contributed by atoms with Crippen LogP contribution in [0, 0.1) is 0 Å². The Bertz CT molecular complexity index is 562. The van der Waals surface area contributed by atoms with Crippen molar-refractivity contribution in [3.63, 3.8) is 0 Å². The fourth-order valence-electron chi connectivity index (χ4n) is 2.64.